The largest absolute Gasteiger partial charge is 0.266 e. The molecule has 0 rings (SSSR count). The minimum atomic E-state index is -2.03. The third-order valence-electron chi connectivity index (χ3n) is 3.86. The molecule has 0 aliphatic carbocycles. The van der Waals surface area contributed by atoms with Crippen molar-refractivity contribution < 1.29 is 0 Å². The first-order valence-electron chi connectivity index (χ1n) is 6.87. The first-order chi connectivity index (χ1) is 9.43. The Kier molecular flexibility index (Phi) is 7.96. The highest BCUT2D eigenvalue weighted by molar-refractivity contribution is 7.62. The summed E-state index contributed by atoms with van der Waals surface area (Å²) in [6, 6.07) is 0. The molecule has 0 heterocycles. The Balaban J connectivity index is 6.40. The summed E-state index contributed by atoms with van der Waals surface area (Å²) < 4.78 is 11.5. The topological polar surface area (TPSA) is 31.8 Å². The third-order valence-corrected chi connectivity index (χ3v) is 8.32. The third kappa shape index (κ3) is 3.36. The van der Waals surface area contributed by atoms with Crippen molar-refractivity contribution in [3.05, 3.63) is 0 Å². The van der Waals surface area contributed by atoms with E-state index < -0.39 is 13.4 Å². The summed E-state index contributed by atoms with van der Waals surface area (Å²) in [6.07, 6.45) is 0. The zero-order valence-corrected chi connectivity index (χ0v) is 17.7. The van der Waals surface area contributed by atoms with Gasteiger partial charge in [0.2, 0.25) is 0 Å². The summed E-state index contributed by atoms with van der Waals surface area (Å²) in [4.78, 5) is 6.64. The molecular weight excluding hydrogens is 304 g/mol. The molecule has 0 aliphatic rings. The van der Waals surface area contributed by atoms with Crippen molar-refractivity contribution in [2.75, 3.05) is 77.5 Å². The summed E-state index contributed by atoms with van der Waals surface area (Å²) in [5.74, 6) is -0.400. The first-order valence-corrected chi connectivity index (χ1v) is 8.99. The Labute approximate surface area is 134 Å². The van der Waals surface area contributed by atoms with Crippen LogP contribution in [0.1, 0.15) is 0 Å². The van der Waals surface area contributed by atoms with Crippen molar-refractivity contribution in [2.24, 2.45) is 4.52 Å². The fourth-order valence-electron chi connectivity index (χ4n) is 3.43. The van der Waals surface area contributed by atoms with Gasteiger partial charge in [0.1, 0.15) is 0 Å². The smallest absolute Gasteiger partial charge is 0.196 e. The molecule has 0 saturated carbocycles. The summed E-state index contributed by atoms with van der Waals surface area (Å²) in [5.41, 5.74) is 0. The molecule has 0 N–H and O–H groups in total. The second-order valence-electron chi connectivity index (χ2n) is 6.15. The molecule has 0 amide bonds. The monoisotopic (exact) mass is 339 g/mol. The van der Waals surface area contributed by atoms with E-state index in [-0.39, 0.29) is 0 Å². The summed E-state index contributed by atoms with van der Waals surface area (Å²) in [6.45, 7) is 0. The molecule has 1 atom stereocenters. The number of hydrogen-bond donors (Lipinski definition) is 0. The molecule has 0 radical (unpaired) electrons. The van der Waals surface area contributed by atoms with E-state index in [4.69, 9.17) is 4.52 Å². The van der Waals surface area contributed by atoms with Gasteiger partial charge in [0.25, 0.3) is 0 Å². The van der Waals surface area contributed by atoms with Crippen molar-refractivity contribution in [2.45, 2.75) is 5.91 Å². The Bertz CT molecular complexity index is 346. The molecule has 0 fully saturated rings. The maximum atomic E-state index is 4.76. The predicted molar refractivity (Wildman–Crippen MR) is 98.0 cm³/mol. The van der Waals surface area contributed by atoms with Crippen LogP contribution < -0.4 is 0 Å². The van der Waals surface area contributed by atoms with E-state index in [2.05, 4.69) is 116 Å². The number of rotatable bonds is 7. The van der Waals surface area contributed by atoms with Gasteiger partial charge in [-0.15, -0.1) is 0 Å². The molecule has 7 nitrogen and oxygen atoms in total. The van der Waals surface area contributed by atoms with Crippen LogP contribution in [0.2, 0.25) is 0 Å². The lowest BCUT2D eigenvalue weighted by molar-refractivity contribution is -0.179. The fourth-order valence-corrected chi connectivity index (χ4v) is 8.38. The SMILES string of the molecule is CN(C)C(N(C)C)(N(C)C)N(C)P(=NP)(N(C)C)N(C)C. The predicted octanol–water partition coefficient (Wildman–Crippen LogP) is 1.07. The zero-order valence-electron chi connectivity index (χ0n) is 15.7. The van der Waals surface area contributed by atoms with Gasteiger partial charge >= 0.3 is 0 Å². The maximum Gasteiger partial charge on any atom is 0.196 e. The van der Waals surface area contributed by atoms with Crippen LogP contribution in [0.5, 0.6) is 0 Å². The Morgan fingerprint density at radius 1 is 0.667 bits per heavy atom. The molecule has 21 heavy (non-hydrogen) atoms. The molecule has 9 heteroatoms. The highest BCUT2D eigenvalue weighted by atomic mass is 31.2. The van der Waals surface area contributed by atoms with Crippen molar-refractivity contribution in [3.8, 4) is 0 Å². The molecule has 0 aliphatic heterocycles. The molecule has 0 aromatic carbocycles. The molecule has 0 bridgehead atoms. The zero-order chi connectivity index (χ0) is 17.2. The van der Waals surface area contributed by atoms with Gasteiger partial charge in [0.05, 0.1) is 0 Å². The van der Waals surface area contributed by atoms with Crippen LogP contribution in [0.3, 0.4) is 0 Å². The molecule has 0 aromatic rings. The van der Waals surface area contributed by atoms with E-state index >= 15 is 0 Å². The second-order valence-corrected chi connectivity index (χ2v) is 10.4. The molecule has 0 saturated heterocycles. The minimum Gasteiger partial charge on any atom is -0.266 e. The van der Waals surface area contributed by atoms with Crippen LogP contribution in [0.4, 0.5) is 0 Å². The van der Waals surface area contributed by atoms with Crippen LogP contribution in [0, 0.1) is 0 Å². The second kappa shape index (κ2) is 7.80. The van der Waals surface area contributed by atoms with Crippen LogP contribution in [0.25, 0.3) is 0 Å². The molecular formula is C12H35N7P2. The average molecular weight is 339 g/mol. The summed E-state index contributed by atoms with van der Waals surface area (Å²) in [7, 11) is 23.6. The normalized spacial score (nSPS) is 14.4. The Morgan fingerprint density at radius 3 is 1.10 bits per heavy atom. The van der Waals surface area contributed by atoms with Crippen molar-refractivity contribution in [3.63, 3.8) is 0 Å². The first kappa shape index (κ1) is 21.4. The van der Waals surface area contributed by atoms with Gasteiger partial charge in [0, 0.05) is 0 Å². The van der Waals surface area contributed by atoms with Gasteiger partial charge in [-0.05, 0) is 86.9 Å². The quantitative estimate of drug-likeness (QED) is 0.510. The van der Waals surface area contributed by atoms with Gasteiger partial charge in [-0.2, -0.15) is 0 Å². The van der Waals surface area contributed by atoms with Crippen LogP contribution in [-0.2, 0) is 0 Å². The van der Waals surface area contributed by atoms with Crippen LogP contribution in [0.15, 0.2) is 4.52 Å². The van der Waals surface area contributed by atoms with Gasteiger partial charge in [-0.25, -0.2) is 9.19 Å². The van der Waals surface area contributed by atoms with E-state index in [1.807, 2.05) is 0 Å². The highest BCUT2D eigenvalue weighted by Crippen LogP contribution is 2.60. The van der Waals surface area contributed by atoms with E-state index in [1.54, 1.807) is 0 Å². The Morgan fingerprint density at radius 2 is 0.952 bits per heavy atom. The average Bonchev–Trinajstić information content (AvgIpc) is 2.28. The van der Waals surface area contributed by atoms with Gasteiger partial charge in [-0.3, -0.25) is 24.0 Å². The summed E-state index contributed by atoms with van der Waals surface area (Å²) >= 11 is 0. The van der Waals surface area contributed by atoms with E-state index in [9.17, 15) is 0 Å². The summed E-state index contributed by atoms with van der Waals surface area (Å²) in [5, 5.41) is 0. The van der Waals surface area contributed by atoms with E-state index in [1.165, 1.54) is 0 Å². The van der Waals surface area contributed by atoms with Crippen LogP contribution in [-0.4, -0.2) is 112 Å². The van der Waals surface area contributed by atoms with Gasteiger partial charge in [0.15, 0.2) is 13.4 Å². The Hall–Kier alpha value is 0.420. The lowest BCUT2D eigenvalue weighted by atomic mass is 10.4. The van der Waals surface area contributed by atoms with E-state index in [0.717, 1.165) is 0 Å². The van der Waals surface area contributed by atoms with Crippen molar-refractivity contribution in [1.29, 1.82) is 0 Å². The van der Waals surface area contributed by atoms with Crippen molar-refractivity contribution >= 4 is 16.9 Å². The maximum absolute atomic E-state index is 4.76. The molecule has 1 unspecified atom stereocenters. The van der Waals surface area contributed by atoms with E-state index in [0.29, 0.717) is 0 Å². The molecule has 0 aromatic heterocycles. The number of nitrogens with zero attached hydrogens (tertiary/aromatic N) is 7. The molecule has 0 spiro atoms. The van der Waals surface area contributed by atoms with Gasteiger partial charge in [-0.1, -0.05) is 0 Å². The lowest BCUT2D eigenvalue weighted by Crippen LogP contribution is -2.72. The molecule has 128 valence electrons. The van der Waals surface area contributed by atoms with Crippen LogP contribution >= 0.6 is 16.9 Å². The standard InChI is InChI=1S/C12H35N7P2/c1-14(2)12(15(3)4,16(5)6)19(11)21(13-20,17(7)8)18(9)10/h20H2,1-11H3. The minimum absolute atomic E-state index is 0.400. The van der Waals surface area contributed by atoms with Gasteiger partial charge < -0.3 is 0 Å². The fraction of sp³-hybridized carbons (Fsp3) is 1.00. The number of hydrogen-bond acceptors (Lipinski definition) is 4. The van der Waals surface area contributed by atoms with Crippen molar-refractivity contribution in [1.82, 2.24) is 28.7 Å². The lowest BCUT2D eigenvalue weighted by Gasteiger charge is -2.59. The highest BCUT2D eigenvalue weighted by Gasteiger charge is 2.49.